The van der Waals surface area contributed by atoms with Crippen molar-refractivity contribution < 1.29 is 12.4 Å². The van der Waals surface area contributed by atoms with Crippen LogP contribution >= 0.6 is 7.49 Å². The van der Waals surface area contributed by atoms with Gasteiger partial charge in [-0.3, -0.25) is 0 Å². The lowest BCUT2D eigenvalue weighted by molar-refractivity contribution is 0.436. The van der Waals surface area contributed by atoms with E-state index in [0.717, 1.165) is 25.7 Å². The van der Waals surface area contributed by atoms with E-state index in [-0.39, 0.29) is 0 Å². The summed E-state index contributed by atoms with van der Waals surface area (Å²) in [4.78, 5) is 0. The van der Waals surface area contributed by atoms with Gasteiger partial charge in [0.25, 0.3) is 10.1 Å². The van der Waals surface area contributed by atoms with Crippen LogP contribution < -0.4 is 5.30 Å². The zero-order valence-electron chi connectivity index (χ0n) is 25.5. The summed E-state index contributed by atoms with van der Waals surface area (Å²) in [6.07, 6.45) is 12.8. The van der Waals surface area contributed by atoms with Crippen LogP contribution in [0.1, 0.15) is 140 Å². The molecule has 2 saturated carbocycles. The number of hydrogen-bond acceptors (Lipinski definition) is 3. The van der Waals surface area contributed by atoms with E-state index in [1.807, 2.05) is 0 Å². The van der Waals surface area contributed by atoms with Crippen LogP contribution in [0.4, 0.5) is 0 Å². The van der Waals surface area contributed by atoms with Crippen LogP contribution in [-0.2, 0) is 14.1 Å². The third-order valence-corrected chi connectivity index (χ3v) is 15.6. The maximum absolute atomic E-state index is 13.2. The summed E-state index contributed by atoms with van der Waals surface area (Å²) in [6, 6.07) is 13.7. The first kappa shape index (κ1) is 30.7. The average Bonchev–Trinajstić information content (AvgIpc) is 2.91. The minimum Gasteiger partial charge on any atom is -0.197 e. The molecule has 3 nitrogen and oxygen atoms in total. The molecule has 0 atom stereocenters. The van der Waals surface area contributed by atoms with E-state index in [2.05, 4.69) is 77.9 Å². The third-order valence-electron chi connectivity index (χ3n) is 9.18. The van der Waals surface area contributed by atoms with E-state index in [9.17, 15) is 8.42 Å². The first-order valence-corrected chi connectivity index (χ1v) is 19.2. The SMILES string of the molecule is CC(C)c1cc(C(C)C)c(-c2ccccc2[P+](OS(C)(=O)=O)(C2CCCCC2)C2CCCCC2)c(C(C)C)c1. The van der Waals surface area contributed by atoms with Gasteiger partial charge < -0.3 is 0 Å². The van der Waals surface area contributed by atoms with Crippen molar-refractivity contribution in [1.29, 1.82) is 0 Å². The Hall–Kier alpha value is -1.22. The Balaban J connectivity index is 2.09. The molecule has 0 amide bonds. The molecule has 0 N–H and O–H groups in total. The van der Waals surface area contributed by atoms with Crippen LogP contribution in [0.3, 0.4) is 0 Å². The molecule has 0 radical (unpaired) electrons. The Morgan fingerprint density at radius 2 is 1.18 bits per heavy atom. The molecular formula is C34H52O3PS+. The van der Waals surface area contributed by atoms with Gasteiger partial charge in [0.2, 0.25) is 7.49 Å². The molecule has 0 saturated heterocycles. The zero-order valence-corrected chi connectivity index (χ0v) is 27.2. The molecule has 5 heteroatoms. The normalized spacial score (nSPS) is 18.4. The van der Waals surface area contributed by atoms with Crippen molar-refractivity contribution in [2.45, 2.75) is 135 Å². The second kappa shape index (κ2) is 12.7. The van der Waals surface area contributed by atoms with E-state index >= 15 is 0 Å². The molecule has 2 aliphatic rings. The Labute approximate surface area is 240 Å². The van der Waals surface area contributed by atoms with Crippen LogP contribution in [-0.4, -0.2) is 26.0 Å². The average molecular weight is 572 g/mol. The van der Waals surface area contributed by atoms with Gasteiger partial charge in [-0.05, 0) is 97.4 Å². The molecule has 2 fully saturated rings. The van der Waals surface area contributed by atoms with Gasteiger partial charge in [0.05, 0.1) is 6.26 Å². The van der Waals surface area contributed by atoms with Crippen LogP contribution in [0.15, 0.2) is 36.4 Å². The molecule has 39 heavy (non-hydrogen) atoms. The maximum atomic E-state index is 13.2. The monoisotopic (exact) mass is 571 g/mol. The Morgan fingerprint density at radius 3 is 1.59 bits per heavy atom. The second-order valence-corrected chi connectivity index (χ2v) is 18.5. The van der Waals surface area contributed by atoms with Gasteiger partial charge >= 0.3 is 0 Å². The molecular weight excluding hydrogens is 519 g/mol. The second-order valence-electron chi connectivity index (χ2n) is 13.1. The van der Waals surface area contributed by atoms with Gasteiger partial charge in [-0.25, -0.2) is 0 Å². The molecule has 0 aromatic heterocycles. The van der Waals surface area contributed by atoms with Crippen LogP contribution in [0.5, 0.6) is 0 Å². The molecule has 2 aromatic rings. The molecule has 0 aliphatic heterocycles. The van der Waals surface area contributed by atoms with Crippen molar-refractivity contribution in [1.82, 2.24) is 0 Å². The summed E-state index contributed by atoms with van der Waals surface area (Å²) in [5, 5.41) is 1.22. The Bertz CT molecular complexity index is 1170. The van der Waals surface area contributed by atoms with Gasteiger partial charge in [0.1, 0.15) is 16.6 Å². The fourth-order valence-electron chi connectivity index (χ4n) is 7.26. The molecule has 2 aliphatic carbocycles. The molecule has 4 rings (SSSR count). The Kier molecular flexibility index (Phi) is 10.0. The van der Waals surface area contributed by atoms with Crippen LogP contribution in [0.2, 0.25) is 0 Å². The quantitative estimate of drug-likeness (QED) is 0.281. The van der Waals surface area contributed by atoms with E-state index in [4.69, 9.17) is 3.97 Å². The summed E-state index contributed by atoms with van der Waals surface area (Å²) in [6.45, 7) is 13.8. The Morgan fingerprint density at radius 1 is 0.718 bits per heavy atom. The van der Waals surface area contributed by atoms with Gasteiger partial charge in [0.15, 0.2) is 0 Å². The fraction of sp³-hybridized carbons (Fsp3) is 0.647. The number of hydrogen-bond donors (Lipinski definition) is 0. The van der Waals surface area contributed by atoms with E-state index in [0.29, 0.717) is 29.1 Å². The third kappa shape index (κ3) is 6.65. The predicted molar refractivity (Wildman–Crippen MR) is 170 cm³/mol. The van der Waals surface area contributed by atoms with E-state index in [1.54, 1.807) is 0 Å². The molecule has 216 valence electrons. The summed E-state index contributed by atoms with van der Waals surface area (Å²) >= 11 is 0. The highest BCUT2D eigenvalue weighted by Crippen LogP contribution is 2.73. The number of rotatable bonds is 9. The summed E-state index contributed by atoms with van der Waals surface area (Å²) < 4.78 is 33.2. The largest absolute Gasteiger partial charge is 0.296 e. The minimum atomic E-state index is -3.65. The lowest BCUT2D eigenvalue weighted by Crippen LogP contribution is -2.38. The van der Waals surface area contributed by atoms with E-state index in [1.165, 1.54) is 77.9 Å². The molecule has 0 bridgehead atoms. The van der Waals surface area contributed by atoms with Crippen molar-refractivity contribution >= 4 is 22.9 Å². The van der Waals surface area contributed by atoms with Crippen molar-refractivity contribution in [3.63, 3.8) is 0 Å². The molecule has 0 heterocycles. The maximum Gasteiger partial charge on any atom is 0.296 e. The van der Waals surface area contributed by atoms with Gasteiger partial charge in [-0.2, -0.15) is 8.42 Å². The zero-order chi connectivity index (χ0) is 28.4. The lowest BCUT2D eigenvalue weighted by Gasteiger charge is -2.41. The fourth-order valence-corrected chi connectivity index (χ4v) is 14.9. The highest BCUT2D eigenvalue weighted by atomic mass is 32.2. The predicted octanol–water partition coefficient (Wildman–Crippen LogP) is 9.92. The minimum absolute atomic E-state index is 0.310. The van der Waals surface area contributed by atoms with Gasteiger partial charge in [-0.15, -0.1) is 3.97 Å². The standard InChI is InChI=1S/C34H52O3PS/c1-24(2)27-22-31(25(3)4)34(32(23-27)26(5)6)30-20-14-15-21-33(30)38(37-39(7,35)36,28-16-10-8-11-17-28)29-18-12-9-13-19-29/h14-15,20-26,28-29H,8-13,16-19H2,1-7H3/q+1. The molecule has 0 unspecified atom stereocenters. The van der Waals surface area contributed by atoms with E-state index < -0.39 is 17.6 Å². The van der Waals surface area contributed by atoms with Crippen molar-refractivity contribution in [3.05, 3.63) is 53.1 Å². The van der Waals surface area contributed by atoms with Crippen molar-refractivity contribution in [2.24, 2.45) is 0 Å². The van der Waals surface area contributed by atoms with Crippen LogP contribution in [0, 0.1) is 0 Å². The lowest BCUT2D eigenvalue weighted by atomic mass is 9.82. The summed E-state index contributed by atoms with van der Waals surface area (Å²) in [7, 11) is -6.19. The van der Waals surface area contributed by atoms with Crippen molar-refractivity contribution in [2.75, 3.05) is 6.26 Å². The molecule has 0 spiro atoms. The topological polar surface area (TPSA) is 43.4 Å². The van der Waals surface area contributed by atoms with Gasteiger partial charge in [0, 0.05) is 5.56 Å². The summed E-state index contributed by atoms with van der Waals surface area (Å²) in [5.74, 6) is 1.17. The molecule has 2 aromatic carbocycles. The first-order chi connectivity index (χ1) is 18.5. The first-order valence-electron chi connectivity index (χ1n) is 15.5. The highest BCUT2D eigenvalue weighted by Gasteiger charge is 2.60. The summed E-state index contributed by atoms with van der Waals surface area (Å²) in [5.41, 5.74) is 7.32. The smallest absolute Gasteiger partial charge is 0.197 e. The van der Waals surface area contributed by atoms with Gasteiger partial charge in [-0.1, -0.05) is 84.7 Å². The highest BCUT2D eigenvalue weighted by molar-refractivity contribution is 7.96. The number of benzene rings is 2. The van der Waals surface area contributed by atoms with Crippen LogP contribution in [0.25, 0.3) is 11.1 Å². The van der Waals surface area contributed by atoms with Crippen molar-refractivity contribution in [3.8, 4) is 11.1 Å².